The quantitative estimate of drug-likeness (QED) is 0.907. The summed E-state index contributed by atoms with van der Waals surface area (Å²) in [6.07, 6.45) is 5.02. The highest BCUT2D eigenvalue weighted by Crippen LogP contribution is 2.25. The summed E-state index contributed by atoms with van der Waals surface area (Å²) in [6, 6.07) is 7.85. The lowest BCUT2D eigenvalue weighted by Crippen LogP contribution is -2.14. The fourth-order valence-electron chi connectivity index (χ4n) is 2.25. The lowest BCUT2D eigenvalue weighted by atomic mass is 10.1. The third-order valence-corrected chi connectivity index (χ3v) is 3.23. The van der Waals surface area contributed by atoms with Crippen molar-refractivity contribution in [2.45, 2.75) is 19.4 Å². The molecule has 114 valence electrons. The summed E-state index contributed by atoms with van der Waals surface area (Å²) in [4.78, 5) is 11.8. The Balaban J connectivity index is 0.00000110. The monoisotopic (exact) mass is 328 g/mol. The predicted molar refractivity (Wildman–Crippen MR) is 88.6 cm³/mol. The molecule has 21 heavy (non-hydrogen) atoms. The van der Waals surface area contributed by atoms with Gasteiger partial charge in [0.05, 0.1) is 0 Å². The van der Waals surface area contributed by atoms with E-state index in [4.69, 9.17) is 0 Å². The Hall–Kier alpha value is -1.72. The van der Waals surface area contributed by atoms with Crippen LogP contribution in [0.4, 0.5) is 11.4 Å². The van der Waals surface area contributed by atoms with Crippen molar-refractivity contribution < 1.29 is 4.79 Å². The first-order chi connectivity index (χ1) is 9.31. The van der Waals surface area contributed by atoms with Gasteiger partial charge < -0.3 is 10.6 Å². The molecule has 0 aliphatic carbocycles. The lowest BCUT2D eigenvalue weighted by Gasteiger charge is -2.07. The Morgan fingerprint density at radius 2 is 2.24 bits per heavy atom. The molecule has 0 unspecified atom stereocenters. The number of carbonyl (C=O) groups is 1. The SMILES string of the molecule is Cl.Cl.O=C(CCn1cccn1)Nc1ccc2c(c1)CCN2. The number of nitrogens with one attached hydrogen (secondary N) is 2. The fraction of sp³-hybridized carbons (Fsp3) is 0.286. The number of aryl methyl sites for hydroxylation is 1. The Morgan fingerprint density at radius 1 is 1.38 bits per heavy atom. The first kappa shape index (κ1) is 17.3. The molecule has 0 radical (unpaired) electrons. The van der Waals surface area contributed by atoms with Crippen molar-refractivity contribution in [3.8, 4) is 0 Å². The summed E-state index contributed by atoms with van der Waals surface area (Å²) in [5, 5.41) is 10.3. The van der Waals surface area contributed by atoms with Gasteiger partial charge in [-0.15, -0.1) is 24.8 Å². The van der Waals surface area contributed by atoms with Gasteiger partial charge in [0.2, 0.25) is 5.91 Å². The van der Waals surface area contributed by atoms with E-state index < -0.39 is 0 Å². The molecular weight excluding hydrogens is 311 g/mol. The maximum atomic E-state index is 11.8. The van der Waals surface area contributed by atoms with Crippen molar-refractivity contribution in [3.63, 3.8) is 0 Å². The number of halogens is 2. The number of hydrogen-bond donors (Lipinski definition) is 2. The molecule has 0 atom stereocenters. The van der Waals surface area contributed by atoms with E-state index in [2.05, 4.69) is 15.7 Å². The van der Waals surface area contributed by atoms with Crippen molar-refractivity contribution in [2.75, 3.05) is 17.2 Å². The summed E-state index contributed by atoms with van der Waals surface area (Å²) in [7, 11) is 0. The van der Waals surface area contributed by atoms with Crippen molar-refractivity contribution in [1.29, 1.82) is 0 Å². The average molecular weight is 329 g/mol. The highest BCUT2D eigenvalue weighted by Gasteiger charge is 2.11. The molecule has 2 heterocycles. The smallest absolute Gasteiger partial charge is 0.226 e. The first-order valence-corrected chi connectivity index (χ1v) is 6.45. The number of hydrogen-bond acceptors (Lipinski definition) is 3. The van der Waals surface area contributed by atoms with Gasteiger partial charge in [0.25, 0.3) is 0 Å². The number of aromatic nitrogens is 2. The van der Waals surface area contributed by atoms with Crippen molar-refractivity contribution in [3.05, 3.63) is 42.2 Å². The molecule has 1 aliphatic heterocycles. The second-order valence-electron chi connectivity index (χ2n) is 4.62. The molecule has 0 saturated carbocycles. The van der Waals surface area contributed by atoms with Gasteiger partial charge in [-0.3, -0.25) is 9.48 Å². The second-order valence-corrected chi connectivity index (χ2v) is 4.62. The molecule has 0 spiro atoms. The van der Waals surface area contributed by atoms with Crippen molar-refractivity contribution in [1.82, 2.24) is 9.78 Å². The van der Waals surface area contributed by atoms with Gasteiger partial charge in [0.1, 0.15) is 0 Å². The van der Waals surface area contributed by atoms with Crippen LogP contribution in [-0.2, 0) is 17.8 Å². The van der Waals surface area contributed by atoms with Crippen LogP contribution in [-0.4, -0.2) is 22.2 Å². The number of amides is 1. The zero-order chi connectivity index (χ0) is 13.1. The minimum atomic E-state index is 0. The predicted octanol–water partition coefficient (Wildman–Crippen LogP) is 2.72. The number of nitrogens with zero attached hydrogens (tertiary/aromatic N) is 2. The van der Waals surface area contributed by atoms with E-state index in [0.29, 0.717) is 13.0 Å². The Labute approximate surface area is 135 Å². The zero-order valence-electron chi connectivity index (χ0n) is 11.4. The van der Waals surface area contributed by atoms with Gasteiger partial charge in [-0.2, -0.15) is 5.10 Å². The Bertz CT molecular complexity index is 587. The second kappa shape index (κ2) is 7.90. The average Bonchev–Trinajstić information content (AvgIpc) is 3.07. The van der Waals surface area contributed by atoms with Crippen molar-refractivity contribution >= 4 is 42.1 Å². The summed E-state index contributed by atoms with van der Waals surface area (Å²) >= 11 is 0. The van der Waals surface area contributed by atoms with Gasteiger partial charge in [0.15, 0.2) is 0 Å². The molecule has 1 aromatic carbocycles. The van der Waals surface area contributed by atoms with Crippen molar-refractivity contribution in [2.24, 2.45) is 0 Å². The molecular formula is C14H18Cl2N4O. The largest absolute Gasteiger partial charge is 0.384 e. The van der Waals surface area contributed by atoms with E-state index in [-0.39, 0.29) is 30.7 Å². The minimum Gasteiger partial charge on any atom is -0.384 e. The lowest BCUT2D eigenvalue weighted by molar-refractivity contribution is -0.116. The van der Waals surface area contributed by atoms with E-state index in [1.54, 1.807) is 10.9 Å². The van der Waals surface area contributed by atoms with Gasteiger partial charge >= 0.3 is 0 Å². The molecule has 2 aromatic rings. The first-order valence-electron chi connectivity index (χ1n) is 6.45. The van der Waals surface area contributed by atoms with Crippen LogP contribution >= 0.6 is 24.8 Å². The molecule has 7 heteroatoms. The van der Waals surface area contributed by atoms with Crippen LogP contribution in [0.5, 0.6) is 0 Å². The number of rotatable bonds is 4. The van der Waals surface area contributed by atoms with Crippen LogP contribution in [0.15, 0.2) is 36.7 Å². The third-order valence-electron chi connectivity index (χ3n) is 3.23. The highest BCUT2D eigenvalue weighted by molar-refractivity contribution is 5.91. The molecule has 1 aliphatic rings. The summed E-state index contributed by atoms with van der Waals surface area (Å²) in [5.41, 5.74) is 3.31. The van der Waals surface area contributed by atoms with Crippen LogP contribution < -0.4 is 10.6 Å². The van der Waals surface area contributed by atoms with Crippen LogP contribution in [0, 0.1) is 0 Å². The van der Waals surface area contributed by atoms with Gasteiger partial charge in [-0.05, 0) is 36.2 Å². The molecule has 1 amide bonds. The molecule has 0 fully saturated rings. The molecule has 2 N–H and O–H groups in total. The number of carbonyl (C=O) groups excluding carboxylic acids is 1. The fourth-order valence-corrected chi connectivity index (χ4v) is 2.25. The maximum absolute atomic E-state index is 11.8. The van der Waals surface area contributed by atoms with Crippen LogP contribution in [0.1, 0.15) is 12.0 Å². The van der Waals surface area contributed by atoms with E-state index in [9.17, 15) is 4.79 Å². The Morgan fingerprint density at radius 3 is 3.00 bits per heavy atom. The molecule has 3 rings (SSSR count). The third kappa shape index (κ3) is 4.37. The number of benzene rings is 1. The van der Waals surface area contributed by atoms with Gasteiger partial charge in [0, 0.05) is 43.3 Å². The normalized spacial score (nSPS) is 11.6. The van der Waals surface area contributed by atoms with Gasteiger partial charge in [-0.1, -0.05) is 0 Å². The van der Waals surface area contributed by atoms with Gasteiger partial charge in [-0.25, -0.2) is 0 Å². The Kier molecular flexibility index (Phi) is 6.52. The summed E-state index contributed by atoms with van der Waals surface area (Å²) in [6.45, 7) is 1.58. The maximum Gasteiger partial charge on any atom is 0.226 e. The topological polar surface area (TPSA) is 59.0 Å². The highest BCUT2D eigenvalue weighted by atomic mass is 35.5. The van der Waals surface area contributed by atoms with E-state index >= 15 is 0 Å². The van der Waals surface area contributed by atoms with E-state index in [1.165, 1.54) is 11.3 Å². The summed E-state index contributed by atoms with van der Waals surface area (Å²) in [5.74, 6) is 0.0152. The van der Waals surface area contributed by atoms with E-state index in [0.717, 1.165) is 18.7 Å². The van der Waals surface area contributed by atoms with Crippen LogP contribution in [0.2, 0.25) is 0 Å². The molecule has 1 aromatic heterocycles. The summed E-state index contributed by atoms with van der Waals surface area (Å²) < 4.78 is 1.76. The number of anilines is 2. The number of fused-ring (bicyclic) bond motifs is 1. The molecule has 0 bridgehead atoms. The minimum absolute atomic E-state index is 0. The zero-order valence-corrected chi connectivity index (χ0v) is 13.0. The van der Waals surface area contributed by atoms with Crippen LogP contribution in [0.25, 0.3) is 0 Å². The van der Waals surface area contributed by atoms with Crippen LogP contribution in [0.3, 0.4) is 0 Å². The van der Waals surface area contributed by atoms with E-state index in [1.807, 2.05) is 30.5 Å². The molecule has 5 nitrogen and oxygen atoms in total. The standard InChI is InChI=1S/C14H16N4O.2ClH/c19-14(5-9-18-8-1-6-16-18)17-12-2-3-13-11(10-12)4-7-15-13;;/h1-3,6,8,10,15H,4-5,7,9H2,(H,17,19);2*1H. The molecule has 0 saturated heterocycles.